The second-order valence-electron chi connectivity index (χ2n) is 7.25. The fourth-order valence-electron chi connectivity index (χ4n) is 3.93. The number of aryl methyl sites for hydroxylation is 1. The number of aromatic nitrogens is 6. The molecule has 1 unspecified atom stereocenters. The molecule has 6 rings (SSSR count). The summed E-state index contributed by atoms with van der Waals surface area (Å²) >= 11 is 0. The SMILES string of the molecule is Cc1ccc2c(c1)-n1nncc1Cc1c(C3=NCC(c4cccnc4)O3)ncn1-2. The number of pyridine rings is 1. The summed E-state index contributed by atoms with van der Waals surface area (Å²) < 4.78 is 10.2. The van der Waals surface area contributed by atoms with Gasteiger partial charge in [-0.3, -0.25) is 9.55 Å². The van der Waals surface area contributed by atoms with E-state index in [1.807, 2.05) is 29.3 Å². The molecule has 0 amide bonds. The molecule has 0 saturated heterocycles. The van der Waals surface area contributed by atoms with Crippen LogP contribution in [-0.2, 0) is 11.2 Å². The van der Waals surface area contributed by atoms with Crippen molar-refractivity contribution in [2.75, 3.05) is 6.54 Å². The fourth-order valence-corrected chi connectivity index (χ4v) is 3.93. The van der Waals surface area contributed by atoms with Crippen molar-refractivity contribution in [1.29, 1.82) is 0 Å². The summed E-state index contributed by atoms with van der Waals surface area (Å²) in [7, 11) is 0. The van der Waals surface area contributed by atoms with Gasteiger partial charge in [0.2, 0.25) is 5.90 Å². The minimum absolute atomic E-state index is 0.135. The molecule has 0 spiro atoms. The van der Waals surface area contributed by atoms with Crippen molar-refractivity contribution in [3.05, 3.63) is 83.5 Å². The van der Waals surface area contributed by atoms with Crippen molar-refractivity contribution in [2.24, 2.45) is 4.99 Å². The van der Waals surface area contributed by atoms with E-state index >= 15 is 0 Å². The molecule has 0 N–H and O–H groups in total. The molecule has 29 heavy (non-hydrogen) atoms. The summed E-state index contributed by atoms with van der Waals surface area (Å²) in [4.78, 5) is 13.5. The van der Waals surface area contributed by atoms with E-state index in [-0.39, 0.29) is 6.10 Å². The molecular weight excluding hydrogens is 366 g/mol. The first kappa shape index (κ1) is 16.2. The van der Waals surface area contributed by atoms with E-state index in [2.05, 4.69) is 55.0 Å². The number of imidazole rings is 1. The summed E-state index contributed by atoms with van der Waals surface area (Å²) in [5, 5.41) is 8.43. The number of hydrogen-bond acceptors (Lipinski definition) is 6. The summed E-state index contributed by atoms with van der Waals surface area (Å²) in [6.07, 6.45) is 7.71. The second kappa shape index (κ2) is 6.10. The van der Waals surface area contributed by atoms with E-state index < -0.39 is 0 Å². The average Bonchev–Trinajstić information content (AvgIpc) is 3.48. The summed E-state index contributed by atoms with van der Waals surface area (Å²) in [6.45, 7) is 2.63. The average molecular weight is 383 g/mol. The second-order valence-corrected chi connectivity index (χ2v) is 7.25. The van der Waals surface area contributed by atoms with Gasteiger partial charge in [0.25, 0.3) is 0 Å². The van der Waals surface area contributed by atoms with Gasteiger partial charge in [-0.05, 0) is 30.7 Å². The van der Waals surface area contributed by atoms with Crippen LogP contribution in [0.4, 0.5) is 0 Å². The predicted octanol–water partition coefficient (Wildman–Crippen LogP) is 2.58. The molecule has 5 heterocycles. The maximum absolute atomic E-state index is 6.17. The number of fused-ring (bicyclic) bond motifs is 5. The maximum Gasteiger partial charge on any atom is 0.238 e. The van der Waals surface area contributed by atoms with E-state index in [1.54, 1.807) is 12.4 Å². The highest BCUT2D eigenvalue weighted by atomic mass is 16.5. The lowest BCUT2D eigenvalue weighted by atomic mass is 10.2. The van der Waals surface area contributed by atoms with Crippen molar-refractivity contribution >= 4 is 5.90 Å². The van der Waals surface area contributed by atoms with Crippen LogP contribution < -0.4 is 0 Å². The van der Waals surface area contributed by atoms with Crippen molar-refractivity contribution in [1.82, 2.24) is 29.5 Å². The topological polar surface area (TPSA) is 83.0 Å². The third-order valence-electron chi connectivity index (χ3n) is 5.37. The van der Waals surface area contributed by atoms with E-state index in [9.17, 15) is 0 Å². The first-order chi connectivity index (χ1) is 14.3. The van der Waals surface area contributed by atoms with Gasteiger partial charge in [-0.1, -0.05) is 17.3 Å². The van der Waals surface area contributed by atoms with Crippen LogP contribution in [0.1, 0.15) is 34.3 Å². The van der Waals surface area contributed by atoms with Crippen LogP contribution in [0.15, 0.2) is 60.2 Å². The highest BCUT2D eigenvalue weighted by Crippen LogP contribution is 2.31. The van der Waals surface area contributed by atoms with E-state index in [1.165, 1.54) is 0 Å². The monoisotopic (exact) mass is 383 g/mol. The summed E-state index contributed by atoms with van der Waals surface area (Å²) in [6, 6.07) is 10.2. The van der Waals surface area contributed by atoms with Crippen LogP contribution >= 0.6 is 0 Å². The first-order valence-corrected chi connectivity index (χ1v) is 9.46. The number of rotatable bonds is 2. The molecule has 3 aromatic heterocycles. The summed E-state index contributed by atoms with van der Waals surface area (Å²) in [5.41, 5.74) is 6.95. The van der Waals surface area contributed by atoms with Gasteiger partial charge < -0.3 is 4.74 Å². The molecule has 0 aliphatic carbocycles. The molecule has 2 aliphatic heterocycles. The molecule has 0 saturated carbocycles. The molecule has 0 radical (unpaired) electrons. The Hall–Kier alpha value is -3.81. The highest BCUT2D eigenvalue weighted by molar-refractivity contribution is 5.95. The zero-order valence-corrected chi connectivity index (χ0v) is 15.7. The Bertz CT molecular complexity index is 1260. The van der Waals surface area contributed by atoms with Gasteiger partial charge in [0.05, 0.1) is 35.5 Å². The van der Waals surface area contributed by atoms with Gasteiger partial charge in [-0.2, -0.15) is 0 Å². The third-order valence-corrected chi connectivity index (χ3v) is 5.37. The number of hydrogen-bond donors (Lipinski definition) is 0. The molecule has 1 atom stereocenters. The van der Waals surface area contributed by atoms with Gasteiger partial charge in [-0.15, -0.1) is 5.10 Å². The number of aliphatic imine (C=N–C) groups is 1. The van der Waals surface area contributed by atoms with Gasteiger partial charge >= 0.3 is 0 Å². The lowest BCUT2D eigenvalue weighted by Crippen LogP contribution is -2.10. The Labute approximate surface area is 166 Å². The Morgan fingerprint density at radius 3 is 3.00 bits per heavy atom. The minimum Gasteiger partial charge on any atom is -0.466 e. The highest BCUT2D eigenvalue weighted by Gasteiger charge is 2.30. The summed E-state index contributed by atoms with van der Waals surface area (Å²) in [5.74, 6) is 0.571. The normalized spacial score (nSPS) is 17.0. The number of benzene rings is 1. The van der Waals surface area contributed by atoms with Gasteiger partial charge in [0.15, 0.2) is 0 Å². The zero-order chi connectivity index (χ0) is 19.4. The number of nitrogens with zero attached hydrogens (tertiary/aromatic N) is 7. The molecule has 8 nitrogen and oxygen atoms in total. The molecule has 0 fully saturated rings. The molecule has 0 bridgehead atoms. The quantitative estimate of drug-likeness (QED) is 0.468. The fraction of sp³-hybridized carbons (Fsp3) is 0.190. The van der Waals surface area contributed by atoms with E-state index in [0.29, 0.717) is 18.9 Å². The Morgan fingerprint density at radius 1 is 1.14 bits per heavy atom. The molecule has 2 aliphatic rings. The van der Waals surface area contributed by atoms with Crippen LogP contribution in [-0.4, -0.2) is 42.0 Å². The van der Waals surface area contributed by atoms with Crippen molar-refractivity contribution in [3.63, 3.8) is 0 Å². The lowest BCUT2D eigenvalue weighted by molar-refractivity contribution is 0.229. The van der Waals surface area contributed by atoms with Crippen molar-refractivity contribution in [3.8, 4) is 11.4 Å². The van der Waals surface area contributed by atoms with Crippen LogP contribution in [0.2, 0.25) is 0 Å². The van der Waals surface area contributed by atoms with Crippen molar-refractivity contribution in [2.45, 2.75) is 19.4 Å². The molecule has 8 heteroatoms. The first-order valence-electron chi connectivity index (χ1n) is 9.46. The van der Waals surface area contributed by atoms with Gasteiger partial charge in [-0.25, -0.2) is 14.7 Å². The van der Waals surface area contributed by atoms with Crippen LogP contribution in [0.5, 0.6) is 0 Å². The molecule has 1 aromatic carbocycles. The van der Waals surface area contributed by atoms with E-state index in [4.69, 9.17) is 4.74 Å². The zero-order valence-electron chi connectivity index (χ0n) is 15.7. The predicted molar refractivity (Wildman–Crippen MR) is 105 cm³/mol. The van der Waals surface area contributed by atoms with Gasteiger partial charge in [0, 0.05) is 24.4 Å². The maximum atomic E-state index is 6.17. The number of ether oxygens (including phenoxy) is 1. The van der Waals surface area contributed by atoms with Crippen LogP contribution in [0, 0.1) is 6.92 Å². The van der Waals surface area contributed by atoms with Gasteiger partial charge in [0.1, 0.15) is 18.1 Å². The molecular formula is C21H17N7O. The third kappa shape index (κ3) is 2.49. The lowest BCUT2D eigenvalue weighted by Gasteiger charge is -2.12. The Kier molecular flexibility index (Phi) is 3.40. The Morgan fingerprint density at radius 2 is 2.10 bits per heavy atom. The molecule has 142 valence electrons. The standard InChI is InChI=1S/C21H17N7O/c1-13-4-5-16-17(7-13)28-15(10-25-26-28)8-18-20(24-12-27(16)18)21-23-11-19(29-21)14-3-2-6-22-9-14/h2-7,9-10,12,19H,8,11H2,1H3. The smallest absolute Gasteiger partial charge is 0.238 e. The van der Waals surface area contributed by atoms with Crippen LogP contribution in [0.25, 0.3) is 11.4 Å². The van der Waals surface area contributed by atoms with E-state index in [0.717, 1.165) is 39.6 Å². The minimum atomic E-state index is -0.135. The largest absolute Gasteiger partial charge is 0.466 e. The van der Waals surface area contributed by atoms with Crippen LogP contribution in [0.3, 0.4) is 0 Å². The van der Waals surface area contributed by atoms with Crippen molar-refractivity contribution < 1.29 is 4.74 Å². The Balaban J connectivity index is 1.44. The molecule has 4 aromatic rings.